The molecule has 0 heterocycles. The maximum atomic E-state index is 12.0. The number of unbranched alkanes of at least 4 members (excludes halogenated alkanes) is 1. The van der Waals surface area contributed by atoms with E-state index in [1.165, 1.54) is 0 Å². The quantitative estimate of drug-likeness (QED) is 0.417. The third-order valence-electron chi connectivity index (χ3n) is 3.45. The average molecular weight is 320 g/mol. The van der Waals surface area contributed by atoms with Crippen LogP contribution >= 0.6 is 0 Å². The van der Waals surface area contributed by atoms with E-state index in [4.69, 9.17) is 4.74 Å². The Bertz CT molecular complexity index is 509. The Kier molecular flexibility index (Phi) is 8.65. The monoisotopic (exact) mass is 320 g/mol. The smallest absolute Gasteiger partial charge is 0.425 e. The Hall–Kier alpha value is -2.17. The molecule has 1 unspecified atom stereocenters. The molecular formula is C18H24O5. The van der Waals surface area contributed by atoms with E-state index in [1.807, 2.05) is 19.9 Å². The number of carbonyl (C=O) groups excluding carboxylic acids is 3. The van der Waals surface area contributed by atoms with E-state index in [0.29, 0.717) is 12.8 Å². The second-order valence-corrected chi connectivity index (χ2v) is 5.40. The maximum Gasteiger partial charge on any atom is 0.425 e. The zero-order chi connectivity index (χ0) is 17.1. The van der Waals surface area contributed by atoms with Crippen LogP contribution in [0.2, 0.25) is 0 Å². The molecule has 0 fully saturated rings. The van der Waals surface area contributed by atoms with Gasteiger partial charge < -0.3 is 9.47 Å². The van der Waals surface area contributed by atoms with Crippen molar-refractivity contribution in [3.63, 3.8) is 0 Å². The largest absolute Gasteiger partial charge is 0.452 e. The van der Waals surface area contributed by atoms with Gasteiger partial charge in [-0.1, -0.05) is 63.4 Å². The molecule has 0 aromatic heterocycles. The van der Waals surface area contributed by atoms with Crippen LogP contribution in [-0.2, 0) is 30.5 Å². The van der Waals surface area contributed by atoms with E-state index in [-0.39, 0.29) is 12.5 Å². The minimum Gasteiger partial charge on any atom is -0.452 e. The molecular weight excluding hydrogens is 296 g/mol. The first-order valence-corrected chi connectivity index (χ1v) is 8.05. The fraction of sp³-hybridized carbons (Fsp3) is 0.500. The van der Waals surface area contributed by atoms with Gasteiger partial charge in [-0.25, -0.2) is 9.59 Å². The summed E-state index contributed by atoms with van der Waals surface area (Å²) in [6.45, 7) is 3.96. The van der Waals surface area contributed by atoms with Crippen molar-refractivity contribution in [3.8, 4) is 0 Å². The first-order valence-electron chi connectivity index (χ1n) is 8.05. The fourth-order valence-electron chi connectivity index (χ4n) is 2.18. The summed E-state index contributed by atoms with van der Waals surface area (Å²) in [5.41, 5.74) is 0.756. The van der Waals surface area contributed by atoms with E-state index >= 15 is 0 Å². The number of rotatable bonds is 8. The van der Waals surface area contributed by atoms with Crippen molar-refractivity contribution in [2.24, 2.45) is 5.92 Å². The highest BCUT2D eigenvalue weighted by atomic mass is 16.6. The predicted octanol–water partition coefficient (Wildman–Crippen LogP) is 3.41. The molecule has 1 aromatic rings. The Morgan fingerprint density at radius 2 is 1.65 bits per heavy atom. The van der Waals surface area contributed by atoms with Gasteiger partial charge in [0, 0.05) is 0 Å². The normalized spacial score (nSPS) is 11.6. The summed E-state index contributed by atoms with van der Waals surface area (Å²) in [7, 11) is 0. The fourth-order valence-corrected chi connectivity index (χ4v) is 2.18. The number of carbonyl (C=O) groups is 3. The third kappa shape index (κ3) is 7.08. The second-order valence-electron chi connectivity index (χ2n) is 5.40. The van der Waals surface area contributed by atoms with Gasteiger partial charge in [-0.2, -0.15) is 0 Å². The first kappa shape index (κ1) is 18.9. The molecule has 0 aliphatic rings. The van der Waals surface area contributed by atoms with Crippen molar-refractivity contribution >= 4 is 17.9 Å². The zero-order valence-corrected chi connectivity index (χ0v) is 13.7. The highest BCUT2D eigenvalue weighted by molar-refractivity contribution is 6.31. The Morgan fingerprint density at radius 3 is 2.26 bits per heavy atom. The highest BCUT2D eigenvalue weighted by Crippen LogP contribution is 2.17. The van der Waals surface area contributed by atoms with Crippen LogP contribution in [0.3, 0.4) is 0 Å². The van der Waals surface area contributed by atoms with Crippen molar-refractivity contribution < 1.29 is 23.9 Å². The van der Waals surface area contributed by atoms with E-state index in [1.54, 1.807) is 24.3 Å². The number of esters is 3. The van der Waals surface area contributed by atoms with Gasteiger partial charge in [0.05, 0.1) is 5.92 Å². The van der Waals surface area contributed by atoms with Crippen LogP contribution in [0.4, 0.5) is 0 Å². The molecule has 23 heavy (non-hydrogen) atoms. The summed E-state index contributed by atoms with van der Waals surface area (Å²) in [6, 6.07) is 8.97. The molecule has 0 spiro atoms. The highest BCUT2D eigenvalue weighted by Gasteiger charge is 2.26. The molecule has 0 aliphatic heterocycles. The minimum absolute atomic E-state index is 0.0306. The van der Waals surface area contributed by atoms with Gasteiger partial charge in [0.2, 0.25) is 0 Å². The number of hydrogen-bond donors (Lipinski definition) is 0. The molecule has 0 saturated heterocycles. The standard InChI is InChI=1S/C18H24O5/c1-3-5-12-15(9-4-2)16(19)23-18(21)17(20)22-13-14-10-7-6-8-11-14/h6-8,10-11,15H,3-5,9,12-13H2,1-2H3. The SMILES string of the molecule is CCCCC(CCC)C(=O)OC(=O)C(=O)OCc1ccccc1. The lowest BCUT2D eigenvalue weighted by atomic mass is 9.97. The van der Waals surface area contributed by atoms with Gasteiger partial charge in [-0.15, -0.1) is 0 Å². The molecule has 0 N–H and O–H groups in total. The van der Waals surface area contributed by atoms with Gasteiger partial charge in [0.1, 0.15) is 6.61 Å². The van der Waals surface area contributed by atoms with Gasteiger partial charge in [-0.05, 0) is 18.4 Å². The molecule has 5 nitrogen and oxygen atoms in total. The van der Waals surface area contributed by atoms with Gasteiger partial charge >= 0.3 is 17.9 Å². The molecule has 0 amide bonds. The lowest BCUT2D eigenvalue weighted by Crippen LogP contribution is -2.27. The Morgan fingerprint density at radius 1 is 0.957 bits per heavy atom. The lowest BCUT2D eigenvalue weighted by Gasteiger charge is -2.13. The van der Waals surface area contributed by atoms with Gasteiger partial charge in [-0.3, -0.25) is 4.79 Å². The van der Waals surface area contributed by atoms with E-state index in [0.717, 1.165) is 24.8 Å². The van der Waals surface area contributed by atoms with E-state index in [9.17, 15) is 14.4 Å². The lowest BCUT2D eigenvalue weighted by molar-refractivity contribution is -0.175. The molecule has 1 atom stereocenters. The van der Waals surface area contributed by atoms with Crippen molar-refractivity contribution in [3.05, 3.63) is 35.9 Å². The Balaban J connectivity index is 2.45. The van der Waals surface area contributed by atoms with Crippen molar-refractivity contribution in [1.29, 1.82) is 0 Å². The van der Waals surface area contributed by atoms with Crippen LogP contribution in [0, 0.1) is 5.92 Å². The summed E-state index contributed by atoms with van der Waals surface area (Å²) in [6.07, 6.45) is 3.96. The summed E-state index contributed by atoms with van der Waals surface area (Å²) in [5, 5.41) is 0. The molecule has 0 bridgehead atoms. The summed E-state index contributed by atoms with van der Waals surface area (Å²) < 4.78 is 9.51. The van der Waals surface area contributed by atoms with Crippen LogP contribution in [0.5, 0.6) is 0 Å². The maximum absolute atomic E-state index is 12.0. The summed E-state index contributed by atoms with van der Waals surface area (Å²) in [5.74, 6) is -3.37. The van der Waals surface area contributed by atoms with Crippen LogP contribution < -0.4 is 0 Å². The van der Waals surface area contributed by atoms with Gasteiger partial charge in [0.25, 0.3) is 0 Å². The summed E-state index contributed by atoms with van der Waals surface area (Å²) >= 11 is 0. The van der Waals surface area contributed by atoms with E-state index in [2.05, 4.69) is 4.74 Å². The molecule has 0 saturated carbocycles. The predicted molar refractivity (Wildman–Crippen MR) is 85.3 cm³/mol. The molecule has 0 aliphatic carbocycles. The molecule has 5 heteroatoms. The minimum atomic E-state index is -1.25. The van der Waals surface area contributed by atoms with Crippen LogP contribution in [0.15, 0.2) is 30.3 Å². The molecule has 126 valence electrons. The molecule has 1 aromatic carbocycles. The van der Waals surface area contributed by atoms with Gasteiger partial charge in [0.15, 0.2) is 0 Å². The average Bonchev–Trinajstić information content (AvgIpc) is 2.57. The van der Waals surface area contributed by atoms with Crippen LogP contribution in [0.25, 0.3) is 0 Å². The topological polar surface area (TPSA) is 69.7 Å². The van der Waals surface area contributed by atoms with E-state index < -0.39 is 17.9 Å². The third-order valence-corrected chi connectivity index (χ3v) is 3.45. The van der Waals surface area contributed by atoms with Crippen molar-refractivity contribution in [2.45, 2.75) is 52.6 Å². The summed E-state index contributed by atoms with van der Waals surface area (Å²) in [4.78, 5) is 35.2. The molecule has 1 rings (SSSR count). The second kappa shape index (κ2) is 10.5. The number of ether oxygens (including phenoxy) is 2. The zero-order valence-electron chi connectivity index (χ0n) is 13.7. The van der Waals surface area contributed by atoms with Crippen LogP contribution in [0.1, 0.15) is 51.5 Å². The number of hydrogen-bond acceptors (Lipinski definition) is 5. The van der Waals surface area contributed by atoms with Crippen molar-refractivity contribution in [1.82, 2.24) is 0 Å². The first-order chi connectivity index (χ1) is 11.1. The Labute approximate surface area is 137 Å². The van der Waals surface area contributed by atoms with Crippen molar-refractivity contribution in [2.75, 3.05) is 0 Å². The molecule has 0 radical (unpaired) electrons. The number of benzene rings is 1. The van der Waals surface area contributed by atoms with Crippen LogP contribution in [-0.4, -0.2) is 17.9 Å².